The van der Waals surface area contributed by atoms with Crippen molar-refractivity contribution in [2.75, 3.05) is 0 Å². The molecule has 10 rings (SSSR count). The summed E-state index contributed by atoms with van der Waals surface area (Å²) in [6.07, 6.45) is 2.16. The molecule has 4 heterocycles. The first-order valence-electron chi connectivity index (χ1n) is 16.2. The van der Waals surface area contributed by atoms with Crippen LogP contribution < -0.4 is 4.74 Å². The molecule has 4 aromatic heterocycles. The van der Waals surface area contributed by atoms with E-state index in [1.807, 2.05) is 18.2 Å². The normalized spacial score (nSPS) is 11.8. The van der Waals surface area contributed by atoms with E-state index in [1.165, 1.54) is 22.3 Å². The molecule has 0 unspecified atom stereocenters. The Labute approximate surface area is 296 Å². The van der Waals surface area contributed by atoms with E-state index < -0.39 is 0 Å². The minimum absolute atomic E-state index is 0. The Balaban J connectivity index is 0.00000325. The van der Waals surface area contributed by atoms with Crippen LogP contribution in [0.25, 0.3) is 76.9 Å². The van der Waals surface area contributed by atoms with Gasteiger partial charge >= 0.3 is 21.1 Å². The van der Waals surface area contributed by atoms with Gasteiger partial charge < -0.3 is 13.5 Å². The molecule has 5 nitrogen and oxygen atoms in total. The Morgan fingerprint density at radius 2 is 1.14 bits per heavy atom. The molecular weight excluding hydrogens is 784 g/mol. The number of aryl methyl sites for hydroxylation is 3. The van der Waals surface area contributed by atoms with Crippen molar-refractivity contribution >= 4 is 65.7 Å². The molecule has 0 aliphatic rings. The molecule has 0 radical (unpaired) electrons. The van der Waals surface area contributed by atoms with Crippen molar-refractivity contribution in [3.05, 3.63) is 144 Å². The van der Waals surface area contributed by atoms with Crippen LogP contribution in [0, 0.1) is 32.9 Å². The Hall–Kier alpha value is -5.51. The average molecular weight is 812 g/mol. The Kier molecular flexibility index (Phi) is 6.66. The van der Waals surface area contributed by atoms with E-state index in [4.69, 9.17) is 14.7 Å². The molecule has 0 atom stereocenters. The third-order valence-corrected chi connectivity index (χ3v) is 9.59. The van der Waals surface area contributed by atoms with Gasteiger partial charge in [-0.1, -0.05) is 112 Å². The molecule has 0 fully saturated rings. The summed E-state index contributed by atoms with van der Waals surface area (Å²) in [6.45, 7) is 6.47. The zero-order valence-electron chi connectivity index (χ0n) is 27.0. The van der Waals surface area contributed by atoms with Crippen LogP contribution >= 0.6 is 0 Å². The summed E-state index contributed by atoms with van der Waals surface area (Å²) in [5.74, 6) is 1.21. The first-order valence-corrected chi connectivity index (χ1v) is 16.2. The third kappa shape index (κ3) is 4.42. The molecule has 6 aromatic carbocycles. The van der Waals surface area contributed by atoms with Crippen molar-refractivity contribution in [3.63, 3.8) is 0 Å². The van der Waals surface area contributed by atoms with Gasteiger partial charge in [0.15, 0.2) is 0 Å². The average Bonchev–Trinajstić information content (AvgIpc) is 3.71. The zero-order chi connectivity index (χ0) is 32.1. The Morgan fingerprint density at radius 1 is 0.571 bits per heavy atom. The van der Waals surface area contributed by atoms with Gasteiger partial charge in [-0.05, 0) is 66.9 Å². The predicted octanol–water partition coefficient (Wildman–Crippen LogP) is 10.7. The van der Waals surface area contributed by atoms with Crippen LogP contribution in [0.1, 0.15) is 16.7 Å². The third-order valence-electron chi connectivity index (χ3n) is 9.59. The van der Waals surface area contributed by atoms with Crippen molar-refractivity contribution < 1.29 is 25.8 Å². The van der Waals surface area contributed by atoms with E-state index in [9.17, 15) is 0 Å². The molecule has 236 valence electrons. The van der Waals surface area contributed by atoms with Crippen molar-refractivity contribution in [2.24, 2.45) is 0 Å². The smallest absolute Gasteiger partial charge is 0.497 e. The van der Waals surface area contributed by atoms with Gasteiger partial charge in [0.05, 0.1) is 28.0 Å². The molecule has 0 saturated carbocycles. The fraction of sp³-hybridized carbons (Fsp3) is 0.0698. The maximum atomic E-state index is 6.55. The predicted molar refractivity (Wildman–Crippen MR) is 195 cm³/mol. The summed E-state index contributed by atoms with van der Waals surface area (Å²) < 4.78 is 11.0. The summed E-state index contributed by atoms with van der Waals surface area (Å²) in [6, 6.07) is 45.0. The van der Waals surface area contributed by atoms with Crippen LogP contribution in [0.3, 0.4) is 0 Å². The molecule has 0 aliphatic heterocycles. The van der Waals surface area contributed by atoms with Crippen LogP contribution in [0.5, 0.6) is 11.5 Å². The molecule has 0 spiro atoms. The van der Waals surface area contributed by atoms with Crippen molar-refractivity contribution in [3.8, 4) is 22.8 Å². The number of hydrogen-bond acceptors (Lipinski definition) is 3. The number of benzene rings is 6. The van der Waals surface area contributed by atoms with Crippen molar-refractivity contribution in [1.29, 1.82) is 0 Å². The fourth-order valence-corrected chi connectivity index (χ4v) is 7.68. The van der Waals surface area contributed by atoms with Crippen LogP contribution in [0.2, 0.25) is 0 Å². The van der Waals surface area contributed by atoms with Gasteiger partial charge in [-0.2, -0.15) is 0 Å². The van der Waals surface area contributed by atoms with Gasteiger partial charge in [-0.15, -0.1) is 12.1 Å². The monoisotopic (exact) mass is 811 g/mol. The number of ether oxygens (including phenoxy) is 1. The number of nitrogens with zero attached hydrogens (tertiary/aromatic N) is 4. The topological polar surface area (TPSA) is 43.8 Å². The van der Waals surface area contributed by atoms with Crippen LogP contribution in [-0.4, -0.2) is 18.8 Å². The van der Waals surface area contributed by atoms with Gasteiger partial charge in [0.1, 0.15) is 0 Å². The number of fused-ring (bicyclic) bond motifs is 14. The van der Waals surface area contributed by atoms with E-state index in [1.54, 1.807) is 0 Å². The first-order chi connectivity index (χ1) is 23.5. The van der Waals surface area contributed by atoms with Crippen LogP contribution in [0.4, 0.5) is 0 Å². The van der Waals surface area contributed by atoms with Crippen LogP contribution in [0.15, 0.2) is 115 Å². The second kappa shape index (κ2) is 11.0. The number of imidazole rings is 2. The second-order valence-electron chi connectivity index (χ2n) is 12.7. The Morgan fingerprint density at radius 3 is 1.84 bits per heavy atom. The molecule has 0 aliphatic carbocycles. The van der Waals surface area contributed by atoms with E-state index in [-0.39, 0.29) is 21.1 Å². The first kappa shape index (κ1) is 29.6. The standard InChI is InChI=1S/C43H28N4O.Pt/c1-25-20-26(2)41(27(3)21-25)37-24-46-38-13-7-4-10-32(38)30-18-16-28(22-34(30)42(46)45-37)48-29-17-19-31-33-11-5-8-14-39(33)47-40-15-9-6-12-36(40)44-43(47)35(31)23-29;/h4-21,24H,1-3H3;/q-2;+2. The number of pyridine rings is 2. The maximum Gasteiger partial charge on any atom is 2.00 e. The minimum Gasteiger partial charge on any atom is -0.497 e. The summed E-state index contributed by atoms with van der Waals surface area (Å²) in [7, 11) is 0. The number of aromatic nitrogens is 4. The largest absolute Gasteiger partial charge is 2.00 e. The fourth-order valence-electron chi connectivity index (χ4n) is 7.68. The molecule has 0 amide bonds. The van der Waals surface area contributed by atoms with Gasteiger partial charge in [0.2, 0.25) is 0 Å². The van der Waals surface area contributed by atoms with E-state index >= 15 is 0 Å². The van der Waals surface area contributed by atoms with E-state index in [0.717, 1.165) is 71.4 Å². The van der Waals surface area contributed by atoms with E-state index in [2.05, 4.69) is 139 Å². The SMILES string of the molecule is Cc1cc(C)c(-c2cn3c4ccccc4c4ccc(Oc5[c-]c6c(cc5)c5ccccc5n5c7ccccc7nc65)[c-]c4c3n2)c(C)c1.[Pt+2]. The molecule has 0 N–H and O–H groups in total. The molecule has 10 aromatic rings. The molecule has 49 heavy (non-hydrogen) atoms. The van der Waals surface area contributed by atoms with Gasteiger partial charge in [0.25, 0.3) is 0 Å². The van der Waals surface area contributed by atoms with Gasteiger partial charge in [-0.3, -0.25) is 9.97 Å². The summed E-state index contributed by atoms with van der Waals surface area (Å²) in [5.41, 5.74) is 11.8. The maximum absolute atomic E-state index is 6.55. The van der Waals surface area contributed by atoms with Gasteiger partial charge in [-0.25, -0.2) is 0 Å². The van der Waals surface area contributed by atoms with Gasteiger partial charge in [0, 0.05) is 34.3 Å². The molecule has 0 saturated heterocycles. The van der Waals surface area contributed by atoms with Crippen LogP contribution in [-0.2, 0) is 21.1 Å². The number of para-hydroxylation sites is 4. The Bertz CT molecular complexity index is 2950. The quantitative estimate of drug-likeness (QED) is 0.132. The molecule has 6 heteroatoms. The summed E-state index contributed by atoms with van der Waals surface area (Å²) >= 11 is 0. The number of rotatable bonds is 3. The summed E-state index contributed by atoms with van der Waals surface area (Å²) in [4.78, 5) is 10.3. The van der Waals surface area contributed by atoms with E-state index in [0.29, 0.717) is 11.5 Å². The zero-order valence-corrected chi connectivity index (χ0v) is 29.3. The minimum atomic E-state index is 0. The molecular formula is C43H28N4OPt. The van der Waals surface area contributed by atoms with Crippen molar-refractivity contribution in [2.45, 2.75) is 20.8 Å². The summed E-state index contributed by atoms with van der Waals surface area (Å²) in [5, 5.41) is 6.28. The molecule has 0 bridgehead atoms. The second-order valence-corrected chi connectivity index (χ2v) is 12.7. The number of hydrogen-bond donors (Lipinski definition) is 0. The van der Waals surface area contributed by atoms with Crippen molar-refractivity contribution in [1.82, 2.24) is 18.8 Å².